The van der Waals surface area contributed by atoms with Gasteiger partial charge in [-0.05, 0) is 64.5 Å². The van der Waals surface area contributed by atoms with E-state index < -0.39 is 22.1 Å². The number of alkyl halides is 3. The number of hydrogen-bond donors (Lipinski definition) is 1. The third-order valence-corrected chi connectivity index (χ3v) is 7.77. The molecule has 1 unspecified atom stereocenters. The number of pyridine rings is 1. The van der Waals surface area contributed by atoms with Crippen LogP contribution in [0.2, 0.25) is 0 Å². The van der Waals surface area contributed by atoms with Crippen molar-refractivity contribution in [3.05, 3.63) is 102 Å². The predicted octanol–water partition coefficient (Wildman–Crippen LogP) is 7.22. The Balaban J connectivity index is 1.56. The quantitative estimate of drug-likeness (QED) is 0.214. The molecular weight excluding hydrogens is 535 g/mol. The molecule has 0 spiro atoms. The molecule has 0 aliphatic rings. The van der Waals surface area contributed by atoms with Crippen molar-refractivity contribution >= 4 is 21.6 Å². The van der Waals surface area contributed by atoms with Crippen LogP contribution in [0.15, 0.2) is 95.5 Å². The molecule has 0 aliphatic carbocycles. The third-order valence-electron chi connectivity index (χ3n) is 5.69. The van der Waals surface area contributed by atoms with Crippen molar-refractivity contribution in [2.75, 3.05) is 6.26 Å². The second-order valence-electron chi connectivity index (χ2n) is 8.47. The van der Waals surface area contributed by atoms with E-state index in [1.807, 2.05) is 0 Å². The Morgan fingerprint density at radius 1 is 1.00 bits per heavy atom. The zero-order valence-electron chi connectivity index (χ0n) is 19.9. The second-order valence-corrected chi connectivity index (χ2v) is 11.5. The highest BCUT2D eigenvalue weighted by atomic mass is 32.3. The monoisotopic (exact) mass is 556 g/mol. The van der Waals surface area contributed by atoms with Gasteiger partial charge in [-0.25, -0.2) is 4.68 Å². The van der Waals surface area contributed by atoms with Crippen molar-refractivity contribution in [2.24, 2.45) is 0 Å². The van der Waals surface area contributed by atoms with E-state index in [1.165, 1.54) is 22.3 Å². The van der Waals surface area contributed by atoms with Crippen LogP contribution in [0.5, 0.6) is 5.75 Å². The molecule has 11 heteroatoms. The van der Waals surface area contributed by atoms with E-state index in [4.69, 9.17) is 4.74 Å². The summed E-state index contributed by atoms with van der Waals surface area (Å²) in [6.07, 6.45) is -0.148. The van der Waals surface area contributed by atoms with Crippen molar-refractivity contribution in [3.63, 3.8) is 0 Å². The first-order valence-corrected chi connectivity index (χ1v) is 14.1. The normalized spacial score (nSPS) is 13.3. The number of nitrogens with zero attached hydrogens (tertiary/aromatic N) is 3. The van der Waals surface area contributed by atoms with Gasteiger partial charge in [-0.2, -0.15) is 22.8 Å². The van der Waals surface area contributed by atoms with Gasteiger partial charge in [0.25, 0.3) is 0 Å². The first-order chi connectivity index (χ1) is 18.1. The Morgan fingerprint density at radius 3 is 2.50 bits per heavy atom. The summed E-state index contributed by atoms with van der Waals surface area (Å²) in [6, 6.07) is 19.7. The summed E-state index contributed by atoms with van der Waals surface area (Å²) in [6.45, 7) is 0.202. The molecule has 194 valence electrons. The van der Waals surface area contributed by atoms with Gasteiger partial charge in [0, 0.05) is 18.5 Å². The summed E-state index contributed by atoms with van der Waals surface area (Å²) < 4.78 is 70.5. The van der Waals surface area contributed by atoms with Crippen LogP contribution in [0.3, 0.4) is 0 Å². The molecule has 0 radical (unpaired) electrons. The molecule has 0 bridgehead atoms. The maximum atomic E-state index is 13.7. The zero-order valence-corrected chi connectivity index (χ0v) is 21.6. The lowest BCUT2D eigenvalue weighted by Gasteiger charge is -2.13. The summed E-state index contributed by atoms with van der Waals surface area (Å²) in [5.41, 5.74) is 1.81. The van der Waals surface area contributed by atoms with Gasteiger partial charge in [-0.15, -0.1) is 11.3 Å². The van der Waals surface area contributed by atoms with Gasteiger partial charge in [0.05, 0.1) is 10.6 Å². The fourth-order valence-corrected chi connectivity index (χ4v) is 5.40. The smallest absolute Gasteiger partial charge is 0.435 e. The molecule has 38 heavy (non-hydrogen) atoms. The first kappa shape index (κ1) is 25.8. The molecule has 5 aromatic rings. The molecule has 0 aliphatic heterocycles. The van der Waals surface area contributed by atoms with Crippen LogP contribution in [-0.2, 0) is 27.2 Å². The maximum Gasteiger partial charge on any atom is 0.435 e. The predicted molar refractivity (Wildman–Crippen MR) is 141 cm³/mol. The number of para-hydroxylation sites is 2. The highest BCUT2D eigenvalue weighted by molar-refractivity contribution is 7.97. The number of thiophene rings is 1. The summed E-state index contributed by atoms with van der Waals surface area (Å²) in [5.74, 6) is 0.368. The van der Waals surface area contributed by atoms with E-state index in [0.717, 1.165) is 11.6 Å². The summed E-state index contributed by atoms with van der Waals surface area (Å²) in [5, 5.41) is 5.70. The van der Waals surface area contributed by atoms with Crippen molar-refractivity contribution in [2.45, 2.75) is 17.7 Å². The molecule has 0 amide bonds. The third kappa shape index (κ3) is 5.54. The second kappa shape index (κ2) is 10.2. The molecule has 3 heterocycles. The number of halogens is 3. The average molecular weight is 557 g/mol. The van der Waals surface area contributed by atoms with Crippen molar-refractivity contribution in [1.29, 1.82) is 0 Å². The van der Waals surface area contributed by atoms with E-state index in [-0.39, 0.29) is 17.2 Å². The van der Waals surface area contributed by atoms with Gasteiger partial charge >= 0.3 is 6.18 Å². The highest BCUT2D eigenvalue weighted by Gasteiger charge is 2.36. The standard InChI is InChI=1S/C27H20F3N3O3S2/c1-38(34,35)21-6-4-5-19(13-21)20-14-25(37-17-20)23-15-26(27(28,29)30)32-33(23)22-7-2-3-8-24(22)36-16-18-9-11-31-12-10-18/h2-15,17H,16H2,1H3/p+1. The lowest BCUT2D eigenvalue weighted by atomic mass is 10.1. The highest BCUT2D eigenvalue weighted by Crippen LogP contribution is 2.39. The Kier molecular flexibility index (Phi) is 6.91. The molecule has 1 atom stereocenters. The molecule has 2 aromatic carbocycles. The molecule has 1 N–H and O–H groups in total. The van der Waals surface area contributed by atoms with E-state index >= 15 is 0 Å². The largest absolute Gasteiger partial charge is 0.487 e. The summed E-state index contributed by atoms with van der Waals surface area (Å²) >= 11 is 1.25. The van der Waals surface area contributed by atoms with Crippen LogP contribution in [0.4, 0.5) is 13.2 Å². The first-order valence-electron chi connectivity index (χ1n) is 11.3. The minimum Gasteiger partial charge on any atom is -0.487 e. The maximum absolute atomic E-state index is 13.7. The average Bonchev–Trinajstić information content (AvgIpc) is 3.56. The van der Waals surface area contributed by atoms with Gasteiger partial charge in [0.2, 0.25) is 10.2 Å². The van der Waals surface area contributed by atoms with E-state index in [9.17, 15) is 21.9 Å². The summed E-state index contributed by atoms with van der Waals surface area (Å²) in [7, 11) is -3.17. The Labute approximate surface area is 221 Å². The Hall–Kier alpha value is -3.80. The lowest BCUT2D eigenvalue weighted by Crippen LogP contribution is -2.08. The summed E-state index contributed by atoms with van der Waals surface area (Å²) in [4.78, 5) is 4.79. The fourth-order valence-electron chi connectivity index (χ4n) is 3.81. The molecule has 5 rings (SSSR count). The van der Waals surface area contributed by atoms with Gasteiger partial charge in [0.1, 0.15) is 24.3 Å². The van der Waals surface area contributed by atoms with Gasteiger partial charge in [0.15, 0.2) is 10.6 Å². The van der Waals surface area contributed by atoms with E-state index in [1.54, 1.807) is 84.5 Å². The molecule has 0 fully saturated rings. The topological polar surface area (TPSA) is 77.2 Å². The van der Waals surface area contributed by atoms with E-state index in [0.29, 0.717) is 27.4 Å². The number of rotatable bonds is 7. The Morgan fingerprint density at radius 2 is 1.76 bits per heavy atom. The van der Waals surface area contributed by atoms with E-state index in [2.05, 4.69) is 10.1 Å². The lowest BCUT2D eigenvalue weighted by molar-refractivity contribution is -0.141. The van der Waals surface area contributed by atoms with Crippen molar-refractivity contribution in [3.8, 4) is 33.1 Å². The van der Waals surface area contributed by atoms with Crippen LogP contribution in [0.25, 0.3) is 27.4 Å². The number of aromatic nitrogens is 3. The molecule has 0 saturated carbocycles. The van der Waals surface area contributed by atoms with Crippen molar-refractivity contribution in [1.82, 2.24) is 14.8 Å². The molecule has 3 aromatic heterocycles. The SMILES string of the molecule is C[S+](=O)(O)c1cccc(-c2csc(-c3cc(C(F)(F)F)nn3-c3ccccc3OCc3ccncc3)c2)c1. The van der Waals surface area contributed by atoms with Crippen molar-refractivity contribution < 1.29 is 26.7 Å². The molecular formula is C27H21F3N3O3S2+. The fraction of sp³-hybridized carbons (Fsp3) is 0.111. The van der Waals surface area contributed by atoms with Crippen LogP contribution < -0.4 is 4.74 Å². The van der Waals surface area contributed by atoms with Crippen LogP contribution >= 0.6 is 11.3 Å². The Bertz CT molecular complexity index is 1630. The minimum atomic E-state index is -4.65. The molecule has 6 nitrogen and oxygen atoms in total. The number of hydrogen-bond acceptors (Lipinski definition) is 5. The van der Waals surface area contributed by atoms with Crippen LogP contribution in [0.1, 0.15) is 11.3 Å². The van der Waals surface area contributed by atoms with Crippen LogP contribution in [-0.4, -0.2) is 25.6 Å². The van der Waals surface area contributed by atoms with Crippen LogP contribution in [0, 0.1) is 0 Å². The van der Waals surface area contributed by atoms with Gasteiger partial charge in [-0.3, -0.25) is 4.98 Å². The van der Waals surface area contributed by atoms with Gasteiger partial charge < -0.3 is 4.74 Å². The van der Waals surface area contributed by atoms with Gasteiger partial charge in [-0.1, -0.05) is 28.5 Å². The minimum absolute atomic E-state index is 0.202. The molecule has 0 saturated heterocycles. The number of ether oxygens (including phenoxy) is 1. The zero-order chi connectivity index (χ0) is 26.9. The number of benzene rings is 2.